The van der Waals surface area contributed by atoms with Gasteiger partial charge in [0.05, 0.1) is 5.56 Å². The molecule has 0 saturated carbocycles. The smallest absolute Gasteiger partial charge is 0.140 e. The fraction of sp³-hybridized carbons (Fsp3) is 0.273. The summed E-state index contributed by atoms with van der Waals surface area (Å²) in [5.41, 5.74) is 6.24. The highest BCUT2D eigenvalue weighted by Crippen LogP contribution is 2.10. The fourth-order valence-corrected chi connectivity index (χ4v) is 0.915. The van der Waals surface area contributed by atoms with Crippen LogP contribution in [0.3, 0.4) is 0 Å². The van der Waals surface area contributed by atoms with E-state index in [0.29, 0.717) is 11.3 Å². The van der Waals surface area contributed by atoms with Crippen LogP contribution in [0.25, 0.3) is 0 Å². The first-order valence-corrected chi connectivity index (χ1v) is 4.28. The molecular weight excluding hydrogens is 165 g/mol. The van der Waals surface area contributed by atoms with Crippen molar-refractivity contribution in [2.75, 3.05) is 5.73 Å². The molecule has 0 radical (unpaired) electrons. The molecular formula is C11H12FN. The molecule has 0 aliphatic carbocycles. The van der Waals surface area contributed by atoms with E-state index in [9.17, 15) is 4.39 Å². The van der Waals surface area contributed by atoms with Crippen LogP contribution in [0.4, 0.5) is 10.1 Å². The van der Waals surface area contributed by atoms with Crippen LogP contribution in [-0.4, -0.2) is 0 Å². The summed E-state index contributed by atoms with van der Waals surface area (Å²) >= 11 is 0. The van der Waals surface area contributed by atoms with Crippen LogP contribution in [0.5, 0.6) is 0 Å². The fourth-order valence-electron chi connectivity index (χ4n) is 0.915. The van der Waals surface area contributed by atoms with Crippen LogP contribution in [0, 0.1) is 17.7 Å². The van der Waals surface area contributed by atoms with Gasteiger partial charge in [0.2, 0.25) is 0 Å². The summed E-state index contributed by atoms with van der Waals surface area (Å²) in [6.45, 7) is 2.04. The van der Waals surface area contributed by atoms with Crippen LogP contribution in [0.15, 0.2) is 18.2 Å². The molecule has 2 heteroatoms. The maximum absolute atomic E-state index is 13.1. The molecule has 0 saturated heterocycles. The summed E-state index contributed by atoms with van der Waals surface area (Å²) < 4.78 is 13.1. The van der Waals surface area contributed by atoms with Gasteiger partial charge in [0.15, 0.2) is 0 Å². The Kier molecular flexibility index (Phi) is 3.33. The predicted octanol–water partition coefficient (Wildman–Crippen LogP) is 2.56. The Balaban J connectivity index is 2.85. The highest BCUT2D eigenvalue weighted by molar-refractivity contribution is 5.45. The Morgan fingerprint density at radius 1 is 1.46 bits per heavy atom. The average molecular weight is 177 g/mol. The number of nitrogens with two attached hydrogens (primary N) is 1. The molecule has 0 aliphatic rings. The van der Waals surface area contributed by atoms with E-state index in [4.69, 9.17) is 5.73 Å². The summed E-state index contributed by atoms with van der Waals surface area (Å²) in [6.07, 6.45) is 1.79. The lowest BCUT2D eigenvalue weighted by atomic mass is 10.2. The van der Waals surface area contributed by atoms with Gasteiger partial charge < -0.3 is 5.73 Å². The number of anilines is 1. The second kappa shape index (κ2) is 4.51. The Hall–Kier alpha value is -1.49. The first kappa shape index (κ1) is 9.60. The van der Waals surface area contributed by atoms with Gasteiger partial charge in [-0.3, -0.25) is 0 Å². The van der Waals surface area contributed by atoms with Gasteiger partial charge in [0, 0.05) is 12.1 Å². The van der Waals surface area contributed by atoms with Gasteiger partial charge in [-0.1, -0.05) is 18.8 Å². The summed E-state index contributed by atoms with van der Waals surface area (Å²) in [6, 6.07) is 4.54. The number of unbranched alkanes of at least 4 members (excludes halogenated alkanes) is 1. The first-order valence-electron chi connectivity index (χ1n) is 4.28. The predicted molar refractivity (Wildman–Crippen MR) is 52.6 cm³/mol. The highest BCUT2D eigenvalue weighted by Gasteiger charge is 1.97. The number of hydrogen-bond acceptors (Lipinski definition) is 1. The normalized spacial score (nSPS) is 9.08. The van der Waals surface area contributed by atoms with Crippen molar-refractivity contribution in [3.05, 3.63) is 29.6 Å². The quantitative estimate of drug-likeness (QED) is 0.517. The lowest BCUT2D eigenvalue weighted by molar-refractivity contribution is 0.625. The number of benzene rings is 1. The molecule has 0 amide bonds. The largest absolute Gasteiger partial charge is 0.399 e. The minimum Gasteiger partial charge on any atom is -0.399 e. The van der Waals surface area contributed by atoms with Crippen molar-refractivity contribution >= 4 is 5.69 Å². The lowest BCUT2D eigenvalue weighted by Gasteiger charge is -1.95. The first-order chi connectivity index (χ1) is 6.24. The zero-order valence-electron chi connectivity index (χ0n) is 7.60. The van der Waals surface area contributed by atoms with E-state index in [1.165, 1.54) is 6.07 Å². The summed E-state index contributed by atoms with van der Waals surface area (Å²) in [5.74, 6) is 5.30. The second-order valence-electron chi connectivity index (χ2n) is 2.79. The molecule has 1 aromatic rings. The topological polar surface area (TPSA) is 26.0 Å². The minimum atomic E-state index is -0.344. The summed E-state index contributed by atoms with van der Waals surface area (Å²) in [7, 11) is 0. The van der Waals surface area contributed by atoms with Crippen molar-refractivity contribution in [3.8, 4) is 11.8 Å². The van der Waals surface area contributed by atoms with Crippen molar-refractivity contribution < 1.29 is 4.39 Å². The third-order valence-electron chi connectivity index (χ3n) is 1.59. The summed E-state index contributed by atoms with van der Waals surface area (Å²) in [5, 5.41) is 0. The van der Waals surface area contributed by atoms with Crippen molar-refractivity contribution in [1.29, 1.82) is 0 Å². The Morgan fingerprint density at radius 3 is 2.85 bits per heavy atom. The molecule has 1 nitrogen and oxygen atoms in total. The Labute approximate surface area is 77.8 Å². The van der Waals surface area contributed by atoms with E-state index in [2.05, 4.69) is 11.8 Å². The molecule has 0 aromatic heterocycles. The van der Waals surface area contributed by atoms with Crippen molar-refractivity contribution in [3.63, 3.8) is 0 Å². The third kappa shape index (κ3) is 2.79. The molecule has 0 heterocycles. The van der Waals surface area contributed by atoms with Gasteiger partial charge in [-0.25, -0.2) is 4.39 Å². The molecule has 0 unspecified atom stereocenters. The van der Waals surface area contributed by atoms with E-state index < -0.39 is 0 Å². The average Bonchev–Trinajstić information content (AvgIpc) is 2.09. The van der Waals surface area contributed by atoms with E-state index in [1.807, 2.05) is 6.92 Å². The molecule has 0 spiro atoms. The number of nitrogen functional groups attached to an aromatic ring is 1. The maximum atomic E-state index is 13.1. The van der Waals surface area contributed by atoms with Gasteiger partial charge >= 0.3 is 0 Å². The molecule has 68 valence electrons. The summed E-state index contributed by atoms with van der Waals surface area (Å²) in [4.78, 5) is 0. The van der Waals surface area contributed by atoms with Gasteiger partial charge in [-0.15, -0.1) is 0 Å². The molecule has 0 fully saturated rings. The van der Waals surface area contributed by atoms with Crippen molar-refractivity contribution in [2.24, 2.45) is 0 Å². The van der Waals surface area contributed by atoms with Crippen LogP contribution < -0.4 is 5.73 Å². The molecule has 1 rings (SSSR count). The Morgan fingerprint density at radius 2 is 2.23 bits per heavy atom. The Bertz CT molecular complexity index is 347. The van der Waals surface area contributed by atoms with Crippen molar-refractivity contribution in [2.45, 2.75) is 19.8 Å². The molecule has 0 atom stereocenters. The molecule has 0 aliphatic heterocycles. The van der Waals surface area contributed by atoms with E-state index in [0.717, 1.165) is 12.8 Å². The van der Waals surface area contributed by atoms with Crippen LogP contribution >= 0.6 is 0 Å². The monoisotopic (exact) mass is 177 g/mol. The number of halogens is 1. The highest BCUT2D eigenvalue weighted by atomic mass is 19.1. The van der Waals surface area contributed by atoms with Gasteiger partial charge in [-0.2, -0.15) is 0 Å². The number of rotatable bonds is 1. The van der Waals surface area contributed by atoms with Crippen LogP contribution in [0.2, 0.25) is 0 Å². The second-order valence-corrected chi connectivity index (χ2v) is 2.79. The standard InChI is InChI=1S/C11H12FN/c1-2-3-4-5-9-6-7-10(13)8-11(9)12/h6-8H,2-3,13H2,1H3. The van der Waals surface area contributed by atoms with Gasteiger partial charge in [-0.05, 0) is 24.6 Å². The van der Waals surface area contributed by atoms with E-state index >= 15 is 0 Å². The van der Waals surface area contributed by atoms with Gasteiger partial charge in [0.1, 0.15) is 5.82 Å². The van der Waals surface area contributed by atoms with E-state index in [1.54, 1.807) is 12.1 Å². The maximum Gasteiger partial charge on any atom is 0.140 e. The van der Waals surface area contributed by atoms with E-state index in [-0.39, 0.29) is 5.82 Å². The zero-order valence-corrected chi connectivity index (χ0v) is 7.60. The van der Waals surface area contributed by atoms with Crippen molar-refractivity contribution in [1.82, 2.24) is 0 Å². The molecule has 13 heavy (non-hydrogen) atoms. The lowest BCUT2D eigenvalue weighted by Crippen LogP contribution is -1.88. The minimum absolute atomic E-state index is 0.344. The van der Waals surface area contributed by atoms with Crippen LogP contribution in [0.1, 0.15) is 25.3 Å². The molecule has 2 N–H and O–H groups in total. The van der Waals surface area contributed by atoms with Gasteiger partial charge in [0.25, 0.3) is 0 Å². The van der Waals surface area contributed by atoms with Crippen LogP contribution in [-0.2, 0) is 0 Å². The SMILES string of the molecule is CCCC#Cc1ccc(N)cc1F. The molecule has 0 bridgehead atoms. The molecule has 1 aromatic carbocycles. The third-order valence-corrected chi connectivity index (χ3v) is 1.59. The number of hydrogen-bond donors (Lipinski definition) is 1. The zero-order chi connectivity index (χ0) is 9.68.